The molecule has 1 unspecified atom stereocenters. The Hall–Kier alpha value is -0.450. The van der Waals surface area contributed by atoms with Gasteiger partial charge in [0.1, 0.15) is 5.01 Å². The van der Waals surface area contributed by atoms with Crippen LogP contribution in [0.15, 0.2) is 0 Å². The van der Waals surface area contributed by atoms with Crippen LogP contribution < -0.4 is 5.32 Å². The van der Waals surface area contributed by atoms with E-state index in [9.17, 15) is 0 Å². The molecule has 106 valence electrons. The summed E-state index contributed by atoms with van der Waals surface area (Å²) in [5.41, 5.74) is 1.37. The predicted molar refractivity (Wildman–Crippen MR) is 78.8 cm³/mol. The number of hydrogen-bond acceptors (Lipinski definition) is 4. The molecule has 4 heteroatoms. The van der Waals surface area contributed by atoms with Crippen molar-refractivity contribution in [2.24, 2.45) is 0 Å². The van der Waals surface area contributed by atoms with Crippen molar-refractivity contribution in [3.05, 3.63) is 15.6 Å². The van der Waals surface area contributed by atoms with Crippen LogP contribution in [0.1, 0.15) is 54.6 Å². The highest BCUT2D eigenvalue weighted by molar-refractivity contribution is 7.11. The first-order valence-corrected chi connectivity index (χ1v) is 8.47. The minimum Gasteiger partial charge on any atom is -0.379 e. The smallest absolute Gasteiger partial charge is 0.116 e. The average Bonchev–Trinajstić information content (AvgIpc) is 2.91. The second-order valence-electron chi connectivity index (χ2n) is 5.76. The summed E-state index contributed by atoms with van der Waals surface area (Å²) in [4.78, 5) is 6.51. The summed E-state index contributed by atoms with van der Waals surface area (Å²) in [5, 5.41) is 5.02. The third-order valence-corrected chi connectivity index (χ3v) is 5.57. The molecule has 1 atom stereocenters. The summed E-state index contributed by atoms with van der Waals surface area (Å²) < 4.78 is 5.77. The molecule has 2 aliphatic rings. The van der Waals surface area contributed by atoms with Crippen LogP contribution >= 0.6 is 11.3 Å². The first-order chi connectivity index (χ1) is 9.34. The van der Waals surface area contributed by atoms with Gasteiger partial charge in [-0.3, -0.25) is 0 Å². The number of nitrogens with zero attached hydrogens (tertiary/aromatic N) is 1. The topological polar surface area (TPSA) is 34.2 Å². The molecule has 19 heavy (non-hydrogen) atoms. The molecule has 1 saturated heterocycles. The summed E-state index contributed by atoms with van der Waals surface area (Å²) >= 11 is 1.94. The maximum Gasteiger partial charge on any atom is 0.116 e. The first-order valence-electron chi connectivity index (χ1n) is 7.66. The van der Waals surface area contributed by atoms with Gasteiger partial charge >= 0.3 is 0 Å². The number of rotatable bonds is 4. The lowest BCUT2D eigenvalue weighted by atomic mass is 9.92. The molecule has 0 amide bonds. The molecule has 3 rings (SSSR count). The Morgan fingerprint density at radius 3 is 2.95 bits per heavy atom. The Kier molecular flexibility index (Phi) is 4.20. The van der Waals surface area contributed by atoms with Gasteiger partial charge in [-0.15, -0.1) is 11.3 Å². The Labute approximate surface area is 119 Å². The minimum atomic E-state index is -0.00370. The van der Waals surface area contributed by atoms with Crippen molar-refractivity contribution < 1.29 is 4.74 Å². The van der Waals surface area contributed by atoms with Crippen LogP contribution in [0.4, 0.5) is 0 Å². The van der Waals surface area contributed by atoms with E-state index < -0.39 is 0 Å². The van der Waals surface area contributed by atoms with Crippen LogP contribution in [-0.4, -0.2) is 24.7 Å². The molecule has 1 fully saturated rings. The maximum atomic E-state index is 5.77. The monoisotopic (exact) mass is 280 g/mol. The third kappa shape index (κ3) is 2.71. The SMILES string of the molecule is CCCNC1(c2nc3c(s2)CCCC3)CCCOC1. The Morgan fingerprint density at radius 1 is 1.32 bits per heavy atom. The number of ether oxygens (including phenoxy) is 1. The van der Waals surface area contributed by atoms with Gasteiger partial charge in [-0.2, -0.15) is 0 Å². The molecule has 0 bridgehead atoms. The highest BCUT2D eigenvalue weighted by atomic mass is 32.1. The second-order valence-corrected chi connectivity index (χ2v) is 6.84. The molecule has 0 radical (unpaired) electrons. The van der Waals surface area contributed by atoms with Crippen LogP contribution in [0.25, 0.3) is 0 Å². The van der Waals surface area contributed by atoms with Crippen molar-refractivity contribution in [1.29, 1.82) is 0 Å². The summed E-state index contributed by atoms with van der Waals surface area (Å²) in [6.45, 7) is 4.96. The first kappa shape index (κ1) is 13.5. The molecule has 1 aromatic heterocycles. The molecular weight excluding hydrogens is 256 g/mol. The van der Waals surface area contributed by atoms with E-state index in [2.05, 4.69) is 12.2 Å². The van der Waals surface area contributed by atoms with Crippen LogP contribution in [0.3, 0.4) is 0 Å². The zero-order valence-electron chi connectivity index (χ0n) is 11.8. The summed E-state index contributed by atoms with van der Waals surface area (Å²) in [7, 11) is 0. The fraction of sp³-hybridized carbons (Fsp3) is 0.800. The summed E-state index contributed by atoms with van der Waals surface area (Å²) in [5.74, 6) is 0. The van der Waals surface area contributed by atoms with Gasteiger partial charge < -0.3 is 10.1 Å². The normalized spacial score (nSPS) is 27.2. The van der Waals surface area contributed by atoms with Gasteiger partial charge in [0, 0.05) is 11.5 Å². The lowest BCUT2D eigenvalue weighted by Gasteiger charge is -2.36. The van der Waals surface area contributed by atoms with E-state index in [0.717, 1.165) is 32.6 Å². The van der Waals surface area contributed by atoms with Crippen LogP contribution in [0, 0.1) is 0 Å². The van der Waals surface area contributed by atoms with E-state index in [4.69, 9.17) is 9.72 Å². The molecule has 1 aliphatic carbocycles. The standard InChI is InChI=1S/C15H24N2OS/c1-2-9-16-15(8-5-10-18-11-15)14-17-12-6-3-4-7-13(12)19-14/h16H,2-11H2,1H3. The predicted octanol–water partition coefficient (Wildman–Crippen LogP) is 3.03. The molecule has 1 aromatic rings. The molecule has 3 nitrogen and oxygen atoms in total. The highest BCUT2D eigenvalue weighted by Crippen LogP contribution is 2.37. The molecule has 0 spiro atoms. The van der Waals surface area contributed by atoms with Crippen molar-refractivity contribution in [1.82, 2.24) is 10.3 Å². The van der Waals surface area contributed by atoms with Crippen molar-refractivity contribution in [2.45, 2.75) is 57.4 Å². The van der Waals surface area contributed by atoms with Crippen LogP contribution in [0.2, 0.25) is 0 Å². The maximum absolute atomic E-state index is 5.77. The number of hydrogen-bond donors (Lipinski definition) is 1. The third-order valence-electron chi connectivity index (χ3n) is 4.21. The van der Waals surface area contributed by atoms with Crippen molar-refractivity contribution in [3.8, 4) is 0 Å². The Morgan fingerprint density at radius 2 is 2.21 bits per heavy atom. The van der Waals surface area contributed by atoms with Gasteiger partial charge in [-0.1, -0.05) is 6.92 Å². The highest BCUT2D eigenvalue weighted by Gasteiger charge is 2.38. The molecule has 2 heterocycles. The Balaban J connectivity index is 1.87. The van der Waals surface area contributed by atoms with E-state index in [0.29, 0.717) is 0 Å². The van der Waals surface area contributed by atoms with Gasteiger partial charge in [0.15, 0.2) is 0 Å². The van der Waals surface area contributed by atoms with E-state index >= 15 is 0 Å². The van der Waals surface area contributed by atoms with Gasteiger partial charge in [-0.05, 0) is 51.5 Å². The van der Waals surface area contributed by atoms with Crippen molar-refractivity contribution >= 4 is 11.3 Å². The van der Waals surface area contributed by atoms with Gasteiger partial charge in [0.05, 0.1) is 17.8 Å². The number of nitrogens with one attached hydrogen (secondary N) is 1. The fourth-order valence-electron chi connectivity index (χ4n) is 3.10. The number of fused-ring (bicyclic) bond motifs is 1. The van der Waals surface area contributed by atoms with Crippen molar-refractivity contribution in [2.75, 3.05) is 19.8 Å². The van der Waals surface area contributed by atoms with Gasteiger partial charge in [0.25, 0.3) is 0 Å². The zero-order valence-corrected chi connectivity index (χ0v) is 12.7. The lowest BCUT2D eigenvalue weighted by Crippen LogP contribution is -2.49. The molecular formula is C15H24N2OS. The van der Waals surface area contributed by atoms with E-state index in [1.54, 1.807) is 0 Å². The fourth-order valence-corrected chi connectivity index (χ4v) is 4.43. The van der Waals surface area contributed by atoms with Gasteiger partial charge in [0.2, 0.25) is 0 Å². The molecule has 0 saturated carbocycles. The molecule has 0 aromatic carbocycles. The van der Waals surface area contributed by atoms with Gasteiger partial charge in [-0.25, -0.2) is 4.98 Å². The number of aryl methyl sites for hydroxylation is 2. The minimum absolute atomic E-state index is 0.00370. The zero-order chi connectivity index (χ0) is 13.1. The molecule has 1 aliphatic heterocycles. The summed E-state index contributed by atoms with van der Waals surface area (Å²) in [6.07, 6.45) is 8.52. The quantitative estimate of drug-likeness (QED) is 0.920. The number of aromatic nitrogens is 1. The molecule has 1 N–H and O–H groups in total. The van der Waals surface area contributed by atoms with E-state index in [1.807, 2.05) is 11.3 Å². The van der Waals surface area contributed by atoms with Crippen LogP contribution in [0.5, 0.6) is 0 Å². The average molecular weight is 280 g/mol. The number of thiazole rings is 1. The van der Waals surface area contributed by atoms with Crippen molar-refractivity contribution in [3.63, 3.8) is 0 Å². The van der Waals surface area contributed by atoms with E-state index in [1.165, 1.54) is 47.7 Å². The lowest BCUT2D eigenvalue weighted by molar-refractivity contribution is 0.0181. The van der Waals surface area contributed by atoms with Crippen LogP contribution in [-0.2, 0) is 23.1 Å². The largest absolute Gasteiger partial charge is 0.379 e. The second kappa shape index (κ2) is 5.90. The summed E-state index contributed by atoms with van der Waals surface area (Å²) in [6, 6.07) is 0. The Bertz CT molecular complexity index is 400. The van der Waals surface area contributed by atoms with E-state index in [-0.39, 0.29) is 5.54 Å².